The molecule has 0 unspecified atom stereocenters. The van der Waals surface area contributed by atoms with E-state index < -0.39 is 23.9 Å². The molecule has 0 atom stereocenters. The Bertz CT molecular complexity index is 1750. The molecule has 0 fully saturated rings. The molecule has 0 aliphatic heterocycles. The summed E-state index contributed by atoms with van der Waals surface area (Å²) in [7, 11) is 0. The molecule has 11 heteroatoms. The number of aryl methyl sites for hydroxylation is 1. The summed E-state index contributed by atoms with van der Waals surface area (Å²) in [5.74, 6) is -0.408. The van der Waals surface area contributed by atoms with Crippen LogP contribution in [0.25, 0.3) is 20.7 Å². The molecule has 0 aliphatic carbocycles. The van der Waals surface area contributed by atoms with Crippen LogP contribution in [-0.4, -0.2) is 16.8 Å². The van der Waals surface area contributed by atoms with Crippen molar-refractivity contribution in [2.75, 3.05) is 5.32 Å². The van der Waals surface area contributed by atoms with Crippen LogP contribution in [0, 0.1) is 6.92 Å². The molecule has 5 rings (SSSR count). The molecular formula is C30H27F2N3O4S2. The van der Waals surface area contributed by atoms with E-state index in [1.165, 1.54) is 29.0 Å². The Morgan fingerprint density at radius 1 is 1.07 bits per heavy atom. The van der Waals surface area contributed by atoms with Crippen LogP contribution >= 0.6 is 22.7 Å². The largest absolute Gasteiger partial charge is 0.486 e. The molecule has 5 aromatic rings. The second-order valence-electron chi connectivity index (χ2n) is 10.4. The zero-order valence-electron chi connectivity index (χ0n) is 22.7. The van der Waals surface area contributed by atoms with Gasteiger partial charge in [0.1, 0.15) is 33.5 Å². The topological polar surface area (TPSA) is 107 Å². The zero-order chi connectivity index (χ0) is 29.5. The van der Waals surface area contributed by atoms with Gasteiger partial charge in [0, 0.05) is 20.7 Å². The summed E-state index contributed by atoms with van der Waals surface area (Å²) in [5, 5.41) is 3.08. The Labute approximate surface area is 243 Å². The van der Waals surface area contributed by atoms with Gasteiger partial charge in [0.05, 0.1) is 5.69 Å². The van der Waals surface area contributed by atoms with E-state index in [1.54, 1.807) is 12.1 Å². The Balaban J connectivity index is 1.42. The number of nitrogens with one attached hydrogen (secondary N) is 1. The van der Waals surface area contributed by atoms with Crippen LogP contribution < -0.4 is 15.8 Å². The minimum absolute atomic E-state index is 0.00406. The first-order chi connectivity index (χ1) is 19.4. The molecule has 3 N–H and O–H groups in total. The summed E-state index contributed by atoms with van der Waals surface area (Å²) in [5.41, 5.74) is 6.92. The van der Waals surface area contributed by atoms with Gasteiger partial charge in [-0.25, -0.2) is 13.8 Å². The van der Waals surface area contributed by atoms with E-state index in [1.807, 2.05) is 37.3 Å². The van der Waals surface area contributed by atoms with Crippen molar-refractivity contribution >= 4 is 50.4 Å². The number of alkyl halides is 2. The second-order valence-corrected chi connectivity index (χ2v) is 12.7. The van der Waals surface area contributed by atoms with Crippen molar-refractivity contribution in [3.63, 3.8) is 0 Å². The maximum atomic E-state index is 13.7. The third-order valence-corrected chi connectivity index (χ3v) is 8.49. The van der Waals surface area contributed by atoms with E-state index in [2.05, 4.69) is 31.1 Å². The third-order valence-electron chi connectivity index (χ3n) is 6.36. The molecule has 0 bridgehead atoms. The van der Waals surface area contributed by atoms with Gasteiger partial charge in [0.2, 0.25) is 0 Å². The summed E-state index contributed by atoms with van der Waals surface area (Å²) < 4.78 is 38.9. The summed E-state index contributed by atoms with van der Waals surface area (Å²) in [6, 6.07) is 15.8. The second kappa shape index (κ2) is 11.1. The summed E-state index contributed by atoms with van der Waals surface area (Å²) >= 11 is 2.25. The minimum atomic E-state index is -2.82. The average Bonchev–Trinajstić information content (AvgIpc) is 3.65. The quantitative estimate of drug-likeness (QED) is 0.189. The molecule has 4 aromatic heterocycles. The number of carbonyl (C=O) groups excluding carboxylic acids is 2. The van der Waals surface area contributed by atoms with E-state index in [0.29, 0.717) is 27.3 Å². The molecule has 41 heavy (non-hydrogen) atoms. The Kier molecular flexibility index (Phi) is 7.67. The highest BCUT2D eigenvalue weighted by molar-refractivity contribution is 7.21. The first-order valence-corrected chi connectivity index (χ1v) is 14.3. The average molecular weight is 596 g/mol. The number of halogens is 2. The van der Waals surface area contributed by atoms with Crippen LogP contribution in [0.1, 0.15) is 69.3 Å². The Hall–Kier alpha value is -4.09. The number of thiophene rings is 2. The summed E-state index contributed by atoms with van der Waals surface area (Å²) in [6.07, 6.45) is -2.82. The fourth-order valence-electron chi connectivity index (χ4n) is 4.25. The minimum Gasteiger partial charge on any atom is -0.486 e. The van der Waals surface area contributed by atoms with Crippen molar-refractivity contribution in [1.29, 1.82) is 0 Å². The normalized spacial score (nSPS) is 11.8. The molecule has 1 aromatic carbocycles. The molecule has 212 valence electrons. The van der Waals surface area contributed by atoms with Crippen LogP contribution in [0.5, 0.6) is 5.75 Å². The van der Waals surface area contributed by atoms with E-state index in [4.69, 9.17) is 14.9 Å². The predicted octanol–water partition coefficient (Wildman–Crippen LogP) is 8.09. The molecule has 0 saturated carbocycles. The van der Waals surface area contributed by atoms with Crippen molar-refractivity contribution < 1.29 is 27.5 Å². The first kappa shape index (κ1) is 28.4. The fraction of sp³-hybridized carbons (Fsp3) is 0.233. The number of nitrogens with zero attached hydrogens (tertiary/aromatic N) is 1. The number of fused-ring (bicyclic) bond motifs is 1. The van der Waals surface area contributed by atoms with Crippen molar-refractivity contribution in [2.45, 2.75) is 46.1 Å². The van der Waals surface area contributed by atoms with Crippen LogP contribution in [0.2, 0.25) is 0 Å². The van der Waals surface area contributed by atoms with Gasteiger partial charge in [-0.2, -0.15) is 0 Å². The number of nitrogens with two attached hydrogens (primary N) is 1. The lowest BCUT2D eigenvalue weighted by Gasteiger charge is -2.19. The number of pyridine rings is 1. The Morgan fingerprint density at radius 3 is 2.41 bits per heavy atom. The highest BCUT2D eigenvalue weighted by Gasteiger charge is 2.26. The number of anilines is 1. The number of amides is 2. The number of carbonyl (C=O) groups is 2. The van der Waals surface area contributed by atoms with Crippen LogP contribution in [0.15, 0.2) is 59.0 Å². The van der Waals surface area contributed by atoms with Gasteiger partial charge in [-0.1, -0.05) is 32.9 Å². The maximum absolute atomic E-state index is 13.7. The first-order valence-electron chi connectivity index (χ1n) is 12.7. The van der Waals surface area contributed by atoms with Crippen LogP contribution in [0.4, 0.5) is 14.5 Å². The molecule has 4 heterocycles. The standard InChI is InChI=1S/C30H27F2N3O4S2/c1-15-5-12-22(40-15)19-13-20(26(31)32)34-29-23(19)24(25(41-29)27(33)36)35-28(37)21-11-10-18(39-21)14-38-17-8-6-16(7-9-17)30(2,3)4/h5-13,26H,14H2,1-4H3,(H2,33,36)(H,35,37). The molecule has 0 saturated heterocycles. The Morgan fingerprint density at radius 2 is 1.80 bits per heavy atom. The lowest BCUT2D eigenvalue weighted by atomic mass is 9.87. The highest BCUT2D eigenvalue weighted by Crippen LogP contribution is 2.44. The number of furan rings is 1. The number of aromatic nitrogens is 1. The SMILES string of the molecule is Cc1ccc(-c2cc(C(F)F)nc3sc(C(N)=O)c(NC(=O)c4ccc(COc5ccc(C(C)(C)C)cc5)o4)c23)s1. The van der Waals surface area contributed by atoms with Gasteiger partial charge in [-0.05, 0) is 60.4 Å². The molecule has 0 aliphatic rings. The monoisotopic (exact) mass is 595 g/mol. The highest BCUT2D eigenvalue weighted by atomic mass is 32.1. The van der Waals surface area contributed by atoms with Crippen molar-refractivity contribution in [2.24, 2.45) is 5.73 Å². The van der Waals surface area contributed by atoms with Crippen molar-refractivity contribution in [3.05, 3.63) is 87.1 Å². The fourth-order valence-corrected chi connectivity index (χ4v) is 6.16. The summed E-state index contributed by atoms with van der Waals surface area (Å²) in [6.45, 7) is 8.38. The molecular weight excluding hydrogens is 568 g/mol. The van der Waals surface area contributed by atoms with E-state index in [0.717, 1.165) is 16.2 Å². The lowest BCUT2D eigenvalue weighted by molar-refractivity contribution is 0.0992. The number of hydrogen-bond acceptors (Lipinski definition) is 7. The number of hydrogen-bond donors (Lipinski definition) is 2. The third kappa shape index (κ3) is 6.01. The summed E-state index contributed by atoms with van der Waals surface area (Å²) in [4.78, 5) is 31.5. The van der Waals surface area contributed by atoms with Gasteiger partial charge in [-0.15, -0.1) is 22.7 Å². The number of rotatable bonds is 8. The van der Waals surface area contributed by atoms with E-state index in [9.17, 15) is 18.4 Å². The zero-order valence-corrected chi connectivity index (χ0v) is 24.3. The predicted molar refractivity (Wildman–Crippen MR) is 157 cm³/mol. The van der Waals surface area contributed by atoms with Crippen molar-refractivity contribution in [1.82, 2.24) is 4.98 Å². The molecule has 0 spiro atoms. The van der Waals surface area contributed by atoms with Gasteiger partial charge >= 0.3 is 0 Å². The molecule has 0 radical (unpaired) electrons. The molecule has 7 nitrogen and oxygen atoms in total. The van der Waals surface area contributed by atoms with Crippen molar-refractivity contribution in [3.8, 4) is 16.2 Å². The van der Waals surface area contributed by atoms with Gasteiger partial charge in [-0.3, -0.25) is 9.59 Å². The number of benzene rings is 1. The van der Waals surface area contributed by atoms with Crippen LogP contribution in [0.3, 0.4) is 0 Å². The van der Waals surface area contributed by atoms with Gasteiger partial charge in [0.25, 0.3) is 18.2 Å². The lowest BCUT2D eigenvalue weighted by Crippen LogP contribution is -2.16. The van der Waals surface area contributed by atoms with E-state index in [-0.39, 0.29) is 33.2 Å². The van der Waals surface area contributed by atoms with Gasteiger partial charge < -0.3 is 20.2 Å². The number of primary amides is 1. The smallest absolute Gasteiger partial charge is 0.291 e. The van der Waals surface area contributed by atoms with Gasteiger partial charge in [0.15, 0.2) is 5.76 Å². The number of ether oxygens (including phenoxy) is 1. The van der Waals surface area contributed by atoms with Crippen LogP contribution in [-0.2, 0) is 12.0 Å². The maximum Gasteiger partial charge on any atom is 0.291 e. The molecule has 2 amide bonds. The van der Waals surface area contributed by atoms with E-state index >= 15 is 0 Å².